The first-order valence-electron chi connectivity index (χ1n) is 5.80. The van der Waals surface area contributed by atoms with Gasteiger partial charge >= 0.3 is 0 Å². The Balaban J connectivity index is 1.99. The Morgan fingerprint density at radius 3 is 3.00 bits per heavy atom. The van der Waals surface area contributed by atoms with Crippen molar-refractivity contribution in [1.82, 2.24) is 14.7 Å². The van der Waals surface area contributed by atoms with E-state index < -0.39 is 0 Å². The molecule has 1 aliphatic rings. The van der Waals surface area contributed by atoms with Gasteiger partial charge in [-0.3, -0.25) is 9.48 Å². The Morgan fingerprint density at radius 1 is 1.71 bits per heavy atom. The number of aryl methyl sites for hydroxylation is 1. The van der Waals surface area contributed by atoms with Gasteiger partial charge < -0.3 is 10.0 Å². The molecule has 1 amide bonds. The van der Waals surface area contributed by atoms with Crippen LogP contribution in [-0.2, 0) is 11.8 Å². The molecule has 1 heterocycles. The SMILES string of the molecule is Cn1nccc1/C=C/C(=O)N(CCO)C1CC1. The predicted octanol–water partition coefficient (Wildman–Crippen LogP) is 0.417. The largest absolute Gasteiger partial charge is 0.395 e. The van der Waals surface area contributed by atoms with Crippen molar-refractivity contribution < 1.29 is 9.90 Å². The maximum absolute atomic E-state index is 11.9. The van der Waals surface area contributed by atoms with E-state index in [1.165, 1.54) is 0 Å². The van der Waals surface area contributed by atoms with Crippen molar-refractivity contribution in [2.24, 2.45) is 7.05 Å². The van der Waals surface area contributed by atoms with Crippen LogP contribution in [0.5, 0.6) is 0 Å². The molecule has 17 heavy (non-hydrogen) atoms. The molecule has 1 N–H and O–H groups in total. The number of amides is 1. The van der Waals surface area contributed by atoms with Crippen molar-refractivity contribution in [2.75, 3.05) is 13.2 Å². The second kappa shape index (κ2) is 5.14. The van der Waals surface area contributed by atoms with Crippen LogP contribution in [0.1, 0.15) is 18.5 Å². The summed E-state index contributed by atoms with van der Waals surface area (Å²) < 4.78 is 1.71. The van der Waals surface area contributed by atoms with Gasteiger partial charge in [0.05, 0.1) is 12.3 Å². The molecule has 5 heteroatoms. The first-order chi connectivity index (χ1) is 8.22. The van der Waals surface area contributed by atoms with E-state index >= 15 is 0 Å². The number of carbonyl (C=O) groups excluding carboxylic acids is 1. The zero-order chi connectivity index (χ0) is 12.3. The van der Waals surface area contributed by atoms with Gasteiger partial charge in [-0.15, -0.1) is 0 Å². The molecule has 0 atom stereocenters. The minimum absolute atomic E-state index is 0.0157. The molecule has 0 bridgehead atoms. The molecule has 1 aliphatic carbocycles. The number of carbonyl (C=O) groups is 1. The number of hydrogen-bond donors (Lipinski definition) is 1. The summed E-state index contributed by atoms with van der Waals surface area (Å²) in [5.74, 6) is -0.0391. The van der Waals surface area contributed by atoms with Gasteiger partial charge in [-0.25, -0.2) is 0 Å². The average molecular weight is 235 g/mol. The molecule has 0 aliphatic heterocycles. The van der Waals surface area contributed by atoms with Gasteiger partial charge in [0.15, 0.2) is 0 Å². The lowest BCUT2D eigenvalue weighted by molar-refractivity contribution is -0.127. The number of nitrogens with zero attached hydrogens (tertiary/aromatic N) is 3. The second-order valence-electron chi connectivity index (χ2n) is 4.20. The first kappa shape index (κ1) is 11.9. The average Bonchev–Trinajstić information content (AvgIpc) is 3.07. The van der Waals surface area contributed by atoms with Gasteiger partial charge in [-0.05, 0) is 25.0 Å². The van der Waals surface area contributed by atoms with Crippen molar-refractivity contribution in [1.29, 1.82) is 0 Å². The molecule has 2 rings (SSSR count). The summed E-state index contributed by atoms with van der Waals surface area (Å²) in [7, 11) is 1.83. The highest BCUT2D eigenvalue weighted by Gasteiger charge is 2.30. The molecule has 1 aromatic rings. The topological polar surface area (TPSA) is 58.4 Å². The summed E-state index contributed by atoms with van der Waals surface area (Å²) in [6.45, 7) is 0.432. The molecule has 1 saturated carbocycles. The summed E-state index contributed by atoms with van der Waals surface area (Å²) in [4.78, 5) is 13.6. The third-order valence-corrected chi connectivity index (χ3v) is 2.87. The van der Waals surface area contributed by atoms with Gasteiger partial charge in [-0.2, -0.15) is 5.10 Å². The van der Waals surface area contributed by atoms with Crippen molar-refractivity contribution in [3.63, 3.8) is 0 Å². The van der Waals surface area contributed by atoms with E-state index in [0.717, 1.165) is 18.5 Å². The Labute approximate surface area is 100 Å². The fraction of sp³-hybridized carbons (Fsp3) is 0.500. The van der Waals surface area contributed by atoms with E-state index in [4.69, 9.17) is 5.11 Å². The van der Waals surface area contributed by atoms with Crippen molar-refractivity contribution in [3.05, 3.63) is 24.0 Å². The summed E-state index contributed by atoms with van der Waals surface area (Å²) in [5, 5.41) is 13.0. The maximum Gasteiger partial charge on any atom is 0.246 e. The Bertz CT molecular complexity index is 421. The normalized spacial score (nSPS) is 15.4. The van der Waals surface area contributed by atoms with Gasteiger partial charge in [0.25, 0.3) is 0 Å². The van der Waals surface area contributed by atoms with Crippen LogP contribution in [0.15, 0.2) is 18.3 Å². The van der Waals surface area contributed by atoms with Crippen LogP contribution in [0.3, 0.4) is 0 Å². The third kappa shape index (κ3) is 2.94. The lowest BCUT2D eigenvalue weighted by Gasteiger charge is -2.19. The summed E-state index contributed by atoms with van der Waals surface area (Å²) >= 11 is 0. The van der Waals surface area contributed by atoms with E-state index in [-0.39, 0.29) is 12.5 Å². The van der Waals surface area contributed by atoms with Crippen LogP contribution < -0.4 is 0 Å². The van der Waals surface area contributed by atoms with E-state index in [1.54, 1.807) is 27.9 Å². The molecular formula is C12H17N3O2. The van der Waals surface area contributed by atoms with Gasteiger partial charge in [0.1, 0.15) is 0 Å². The summed E-state index contributed by atoms with van der Waals surface area (Å²) in [6.07, 6.45) is 7.08. The highest BCUT2D eigenvalue weighted by Crippen LogP contribution is 2.26. The zero-order valence-corrected chi connectivity index (χ0v) is 9.91. The Hall–Kier alpha value is -1.62. The second-order valence-corrected chi connectivity index (χ2v) is 4.20. The van der Waals surface area contributed by atoms with Gasteiger partial charge in [-0.1, -0.05) is 0 Å². The van der Waals surface area contributed by atoms with E-state index in [0.29, 0.717) is 12.6 Å². The van der Waals surface area contributed by atoms with Crippen LogP contribution in [-0.4, -0.2) is 44.9 Å². The van der Waals surface area contributed by atoms with E-state index in [9.17, 15) is 4.79 Å². The van der Waals surface area contributed by atoms with Crippen LogP contribution in [0, 0.1) is 0 Å². The van der Waals surface area contributed by atoms with Crippen LogP contribution in [0.4, 0.5) is 0 Å². The van der Waals surface area contributed by atoms with E-state index in [2.05, 4.69) is 5.10 Å². The minimum Gasteiger partial charge on any atom is -0.395 e. The monoisotopic (exact) mass is 235 g/mol. The molecule has 92 valence electrons. The highest BCUT2D eigenvalue weighted by atomic mass is 16.3. The molecule has 0 aromatic carbocycles. The van der Waals surface area contributed by atoms with Gasteiger partial charge in [0.2, 0.25) is 5.91 Å². The third-order valence-electron chi connectivity index (χ3n) is 2.87. The summed E-state index contributed by atoms with van der Waals surface area (Å²) in [5.41, 5.74) is 0.887. The molecular weight excluding hydrogens is 218 g/mol. The Morgan fingerprint density at radius 2 is 2.47 bits per heavy atom. The number of hydrogen-bond acceptors (Lipinski definition) is 3. The van der Waals surface area contributed by atoms with Gasteiger partial charge in [0, 0.05) is 31.9 Å². The molecule has 0 radical (unpaired) electrons. The predicted molar refractivity (Wildman–Crippen MR) is 64.1 cm³/mol. The number of aliphatic hydroxyl groups excluding tert-OH is 1. The fourth-order valence-corrected chi connectivity index (χ4v) is 1.77. The zero-order valence-electron chi connectivity index (χ0n) is 9.91. The molecule has 0 unspecified atom stereocenters. The number of aromatic nitrogens is 2. The lowest BCUT2D eigenvalue weighted by atomic mass is 10.3. The molecule has 5 nitrogen and oxygen atoms in total. The molecule has 0 saturated heterocycles. The van der Waals surface area contributed by atoms with Crippen LogP contribution in [0.2, 0.25) is 0 Å². The Kier molecular flexibility index (Phi) is 3.58. The smallest absolute Gasteiger partial charge is 0.246 e. The highest BCUT2D eigenvalue weighted by molar-refractivity contribution is 5.92. The molecule has 0 spiro atoms. The van der Waals surface area contributed by atoms with Crippen molar-refractivity contribution in [3.8, 4) is 0 Å². The quantitative estimate of drug-likeness (QED) is 0.752. The van der Waals surface area contributed by atoms with Crippen molar-refractivity contribution >= 4 is 12.0 Å². The van der Waals surface area contributed by atoms with Crippen molar-refractivity contribution in [2.45, 2.75) is 18.9 Å². The lowest BCUT2D eigenvalue weighted by Crippen LogP contribution is -2.34. The van der Waals surface area contributed by atoms with E-state index in [1.807, 2.05) is 13.1 Å². The summed E-state index contributed by atoms with van der Waals surface area (Å²) in [6, 6.07) is 2.17. The van der Waals surface area contributed by atoms with Crippen LogP contribution >= 0.6 is 0 Å². The molecule has 1 aromatic heterocycles. The standard InChI is InChI=1S/C12H17N3O2/c1-14-10(6-7-13-14)4-5-12(17)15(8-9-16)11-2-3-11/h4-7,11,16H,2-3,8-9H2,1H3/b5-4+. The number of rotatable bonds is 5. The minimum atomic E-state index is -0.0391. The molecule has 1 fully saturated rings. The van der Waals surface area contributed by atoms with Crippen LogP contribution in [0.25, 0.3) is 6.08 Å². The number of aliphatic hydroxyl groups is 1. The fourth-order valence-electron chi connectivity index (χ4n) is 1.77. The first-order valence-corrected chi connectivity index (χ1v) is 5.80. The maximum atomic E-state index is 11.9.